The number of halogens is 1. The smallest absolute Gasteiger partial charge is 0.251 e. The fourth-order valence-electron chi connectivity index (χ4n) is 2.91. The van der Waals surface area contributed by atoms with Gasteiger partial charge in [0.2, 0.25) is 5.91 Å². The van der Waals surface area contributed by atoms with Gasteiger partial charge >= 0.3 is 0 Å². The number of methoxy groups -OCH3 is 2. The maximum atomic E-state index is 12.3. The van der Waals surface area contributed by atoms with E-state index in [0.717, 1.165) is 5.56 Å². The molecule has 2 aromatic carbocycles. The summed E-state index contributed by atoms with van der Waals surface area (Å²) in [7, 11) is 3.18. The molecule has 0 aliphatic rings. The van der Waals surface area contributed by atoms with Crippen molar-refractivity contribution < 1.29 is 19.1 Å². The van der Waals surface area contributed by atoms with Crippen LogP contribution in [0, 0.1) is 0 Å². The van der Waals surface area contributed by atoms with Crippen LogP contribution >= 0.6 is 11.6 Å². The second-order valence-electron chi connectivity index (χ2n) is 6.61. The minimum Gasteiger partial charge on any atom is -0.497 e. The van der Waals surface area contributed by atoms with Gasteiger partial charge in [0, 0.05) is 41.2 Å². The molecule has 2 amide bonds. The number of hydrogen-bond donors (Lipinski definition) is 2. The molecule has 8 nitrogen and oxygen atoms in total. The van der Waals surface area contributed by atoms with Gasteiger partial charge in [-0.25, -0.2) is 4.68 Å². The van der Waals surface area contributed by atoms with Crippen molar-refractivity contribution in [3.05, 3.63) is 70.9 Å². The van der Waals surface area contributed by atoms with Crippen LogP contribution in [-0.4, -0.2) is 42.4 Å². The lowest BCUT2D eigenvalue weighted by atomic mass is 10.2. The highest BCUT2D eigenvalue weighted by molar-refractivity contribution is 6.30. The van der Waals surface area contributed by atoms with Crippen LogP contribution in [0.4, 0.5) is 5.82 Å². The normalized spacial score (nSPS) is 10.4. The molecular weight excluding hydrogens is 420 g/mol. The predicted molar refractivity (Wildman–Crippen MR) is 118 cm³/mol. The molecule has 0 aliphatic carbocycles. The zero-order chi connectivity index (χ0) is 22.2. The van der Waals surface area contributed by atoms with Crippen LogP contribution in [0.25, 0.3) is 0 Å². The second kappa shape index (κ2) is 10.5. The first kappa shape index (κ1) is 22.2. The van der Waals surface area contributed by atoms with Crippen LogP contribution in [-0.2, 0) is 11.3 Å². The Kier molecular flexibility index (Phi) is 7.50. The first-order chi connectivity index (χ1) is 15.0. The average Bonchev–Trinajstić information content (AvgIpc) is 3.20. The third kappa shape index (κ3) is 5.99. The molecule has 0 saturated heterocycles. The molecule has 9 heteroatoms. The van der Waals surface area contributed by atoms with Crippen molar-refractivity contribution in [2.24, 2.45) is 0 Å². The van der Waals surface area contributed by atoms with E-state index in [9.17, 15) is 9.59 Å². The average molecular weight is 443 g/mol. The van der Waals surface area contributed by atoms with Gasteiger partial charge in [0.05, 0.1) is 27.0 Å². The third-order valence-electron chi connectivity index (χ3n) is 4.54. The number of aromatic nitrogens is 2. The lowest BCUT2D eigenvalue weighted by molar-refractivity contribution is -0.116. The molecule has 0 spiro atoms. The highest BCUT2D eigenvalue weighted by atomic mass is 35.5. The zero-order valence-electron chi connectivity index (χ0n) is 17.2. The summed E-state index contributed by atoms with van der Waals surface area (Å²) in [5, 5.41) is 10.4. The molecular formula is C22H23ClN4O4. The van der Waals surface area contributed by atoms with Gasteiger partial charge in [0.1, 0.15) is 17.3 Å². The van der Waals surface area contributed by atoms with E-state index < -0.39 is 0 Å². The van der Waals surface area contributed by atoms with E-state index in [1.807, 2.05) is 12.1 Å². The zero-order valence-corrected chi connectivity index (χ0v) is 18.0. The summed E-state index contributed by atoms with van der Waals surface area (Å²) in [6.07, 6.45) is 1.73. The maximum Gasteiger partial charge on any atom is 0.251 e. The van der Waals surface area contributed by atoms with Gasteiger partial charge < -0.3 is 20.1 Å². The molecule has 0 fully saturated rings. The molecule has 31 heavy (non-hydrogen) atoms. The number of anilines is 1. The quantitative estimate of drug-likeness (QED) is 0.530. The Morgan fingerprint density at radius 3 is 2.55 bits per heavy atom. The Hall–Kier alpha value is -3.52. The Morgan fingerprint density at radius 1 is 1.06 bits per heavy atom. The van der Waals surface area contributed by atoms with Crippen molar-refractivity contribution in [1.82, 2.24) is 15.1 Å². The van der Waals surface area contributed by atoms with Crippen molar-refractivity contribution in [3.63, 3.8) is 0 Å². The minimum atomic E-state index is -0.263. The number of hydrogen-bond acceptors (Lipinski definition) is 5. The maximum absolute atomic E-state index is 12.3. The van der Waals surface area contributed by atoms with Crippen LogP contribution < -0.4 is 20.1 Å². The van der Waals surface area contributed by atoms with Crippen LogP contribution in [0.1, 0.15) is 22.3 Å². The molecule has 1 heterocycles. The van der Waals surface area contributed by atoms with Crippen LogP contribution in [0.2, 0.25) is 5.02 Å². The van der Waals surface area contributed by atoms with Gasteiger partial charge in [-0.3, -0.25) is 9.59 Å². The fraction of sp³-hybridized carbons (Fsp3) is 0.227. The summed E-state index contributed by atoms with van der Waals surface area (Å²) in [5.41, 5.74) is 1.37. The van der Waals surface area contributed by atoms with Crippen molar-refractivity contribution in [1.29, 1.82) is 0 Å². The van der Waals surface area contributed by atoms with E-state index in [1.54, 1.807) is 61.5 Å². The predicted octanol–water partition coefficient (Wildman–Crippen LogP) is 3.36. The van der Waals surface area contributed by atoms with Gasteiger partial charge in [-0.15, -0.1) is 0 Å². The molecule has 1 aromatic heterocycles. The number of rotatable bonds is 9. The molecule has 0 radical (unpaired) electrons. The van der Waals surface area contributed by atoms with Gasteiger partial charge in [-0.05, 0) is 36.4 Å². The molecule has 3 rings (SSSR count). The number of nitrogens with one attached hydrogen (secondary N) is 2. The summed E-state index contributed by atoms with van der Waals surface area (Å²) in [5.74, 6) is 1.40. The van der Waals surface area contributed by atoms with Crippen LogP contribution in [0.5, 0.6) is 11.5 Å². The summed E-state index contributed by atoms with van der Waals surface area (Å²) in [6.45, 7) is 0.608. The van der Waals surface area contributed by atoms with Crippen molar-refractivity contribution >= 4 is 29.2 Å². The van der Waals surface area contributed by atoms with Gasteiger partial charge in [-0.2, -0.15) is 5.10 Å². The van der Waals surface area contributed by atoms with E-state index in [2.05, 4.69) is 15.7 Å². The van der Waals surface area contributed by atoms with Crippen molar-refractivity contribution in [3.8, 4) is 11.5 Å². The molecule has 0 bridgehead atoms. The van der Waals surface area contributed by atoms with Crippen LogP contribution in [0.15, 0.2) is 54.7 Å². The number of amides is 2. The van der Waals surface area contributed by atoms with E-state index in [0.29, 0.717) is 34.4 Å². The Balaban J connectivity index is 1.54. The molecule has 0 atom stereocenters. The van der Waals surface area contributed by atoms with E-state index in [4.69, 9.17) is 21.1 Å². The second-order valence-corrected chi connectivity index (χ2v) is 7.05. The Bertz CT molecular complexity index is 1050. The Morgan fingerprint density at radius 2 is 1.84 bits per heavy atom. The minimum absolute atomic E-state index is 0.121. The number of ether oxygens (including phenoxy) is 2. The Labute approximate surface area is 185 Å². The third-order valence-corrected chi connectivity index (χ3v) is 4.79. The molecule has 0 unspecified atom stereocenters. The highest BCUT2D eigenvalue weighted by Crippen LogP contribution is 2.26. The standard InChI is InChI=1S/C22H23ClN4O4/c1-30-18-8-5-16(19(13-18)31-2)14-27-20(9-12-25-27)26-21(28)10-11-24-22(29)15-3-6-17(23)7-4-15/h3-9,12-13H,10-11,14H2,1-2H3,(H,24,29)(H,26,28). The van der Waals surface area contributed by atoms with E-state index >= 15 is 0 Å². The summed E-state index contributed by atoms with van der Waals surface area (Å²) in [6, 6.07) is 13.8. The van der Waals surface area contributed by atoms with Crippen molar-refractivity contribution in [2.75, 3.05) is 26.1 Å². The monoisotopic (exact) mass is 442 g/mol. The molecule has 2 N–H and O–H groups in total. The van der Waals surface area contributed by atoms with E-state index in [-0.39, 0.29) is 24.8 Å². The molecule has 3 aromatic rings. The van der Waals surface area contributed by atoms with Crippen molar-refractivity contribution in [2.45, 2.75) is 13.0 Å². The van der Waals surface area contributed by atoms with Gasteiger partial charge in [0.25, 0.3) is 5.91 Å². The highest BCUT2D eigenvalue weighted by Gasteiger charge is 2.12. The lowest BCUT2D eigenvalue weighted by Gasteiger charge is -2.13. The number of benzene rings is 2. The summed E-state index contributed by atoms with van der Waals surface area (Å²) in [4.78, 5) is 24.4. The lowest BCUT2D eigenvalue weighted by Crippen LogP contribution is -2.28. The summed E-state index contributed by atoms with van der Waals surface area (Å²) < 4.78 is 12.3. The van der Waals surface area contributed by atoms with E-state index in [1.165, 1.54) is 0 Å². The summed E-state index contributed by atoms with van der Waals surface area (Å²) >= 11 is 5.82. The molecule has 0 aliphatic heterocycles. The fourth-order valence-corrected chi connectivity index (χ4v) is 3.03. The topological polar surface area (TPSA) is 94.5 Å². The SMILES string of the molecule is COc1ccc(Cn2nccc2NC(=O)CCNC(=O)c2ccc(Cl)cc2)c(OC)c1. The number of carbonyl (C=O) groups excluding carboxylic acids is 2. The number of nitrogens with zero attached hydrogens (tertiary/aromatic N) is 2. The molecule has 0 saturated carbocycles. The van der Waals surface area contributed by atoms with Gasteiger partial charge in [0.15, 0.2) is 0 Å². The first-order valence-corrected chi connectivity index (χ1v) is 9.94. The van der Waals surface area contributed by atoms with Gasteiger partial charge in [-0.1, -0.05) is 11.6 Å². The number of carbonyl (C=O) groups is 2. The largest absolute Gasteiger partial charge is 0.497 e. The van der Waals surface area contributed by atoms with Crippen LogP contribution in [0.3, 0.4) is 0 Å². The molecule has 162 valence electrons. The first-order valence-electron chi connectivity index (χ1n) is 9.56.